The molecule has 0 saturated heterocycles. The van der Waals surface area contributed by atoms with E-state index in [-0.39, 0.29) is 10.6 Å². The van der Waals surface area contributed by atoms with Gasteiger partial charge < -0.3 is 5.11 Å². The van der Waals surface area contributed by atoms with E-state index in [2.05, 4.69) is 12.6 Å². The van der Waals surface area contributed by atoms with Gasteiger partial charge in [0.2, 0.25) is 9.84 Å². The summed E-state index contributed by atoms with van der Waals surface area (Å²) in [7, 11) is -3.36. The summed E-state index contributed by atoms with van der Waals surface area (Å²) in [6.45, 7) is 0. The molecule has 1 aliphatic rings. The van der Waals surface area contributed by atoms with Gasteiger partial charge in [0, 0.05) is 11.2 Å². The van der Waals surface area contributed by atoms with Crippen LogP contribution in [0.2, 0.25) is 0 Å². The third-order valence-electron chi connectivity index (χ3n) is 2.09. The second kappa shape index (κ2) is 3.03. The van der Waals surface area contributed by atoms with E-state index in [9.17, 15) is 13.5 Å². The number of hydrogen-bond donors (Lipinski definition) is 2. The number of phenols is 1. The Labute approximate surface area is 87.4 Å². The molecule has 0 aromatic heterocycles. The predicted molar refractivity (Wildman–Crippen MR) is 57.1 cm³/mol. The van der Waals surface area contributed by atoms with E-state index in [1.54, 1.807) is 6.07 Å². The fourth-order valence-electron chi connectivity index (χ4n) is 1.45. The van der Waals surface area contributed by atoms with Crippen LogP contribution in [0, 0.1) is 0 Å². The van der Waals surface area contributed by atoms with E-state index in [1.807, 2.05) is 0 Å². The summed E-state index contributed by atoms with van der Waals surface area (Å²) in [5.74, 6) is 0.331. The van der Waals surface area contributed by atoms with E-state index in [0.717, 1.165) is 0 Å². The second-order valence-corrected chi connectivity index (χ2v) is 5.11. The van der Waals surface area contributed by atoms with Crippen LogP contribution < -0.4 is 0 Å². The lowest BCUT2D eigenvalue weighted by molar-refractivity contribution is 0.473. The maximum Gasteiger partial charge on any atom is 0.200 e. The molecule has 0 spiro atoms. The summed E-state index contributed by atoms with van der Waals surface area (Å²) in [5, 5.41) is 10.4. The minimum absolute atomic E-state index is 0.0406. The molecule has 0 radical (unpaired) electrons. The number of thiol groups is 1. The zero-order valence-corrected chi connectivity index (χ0v) is 8.85. The predicted octanol–water partition coefficient (Wildman–Crippen LogP) is 1.45. The molecule has 2 rings (SSSR count). The lowest BCUT2D eigenvalue weighted by Gasteiger charge is -2.01. The maximum absolute atomic E-state index is 11.6. The van der Waals surface area contributed by atoms with Crippen LogP contribution in [0.1, 0.15) is 5.56 Å². The average Bonchev–Trinajstić information content (AvgIpc) is 2.38. The Morgan fingerprint density at radius 3 is 2.71 bits per heavy atom. The zero-order chi connectivity index (χ0) is 10.3. The number of fused-ring (bicyclic) bond motifs is 1. The fourth-order valence-corrected chi connectivity index (χ4v) is 3.34. The van der Waals surface area contributed by atoms with Gasteiger partial charge in [0.15, 0.2) is 0 Å². The Kier molecular flexibility index (Phi) is 2.08. The number of sulfone groups is 1. The van der Waals surface area contributed by atoms with Gasteiger partial charge in [0.1, 0.15) is 5.75 Å². The monoisotopic (exact) mass is 228 g/mol. The van der Waals surface area contributed by atoms with Crippen molar-refractivity contribution in [2.24, 2.45) is 0 Å². The van der Waals surface area contributed by atoms with Crippen LogP contribution >= 0.6 is 12.6 Å². The Balaban J connectivity index is 2.75. The Bertz CT molecular complexity index is 515. The molecule has 0 unspecified atom stereocenters. The first-order valence-corrected chi connectivity index (χ1v) is 6.12. The fraction of sp³-hybridized carbons (Fsp3) is 0.111. The molecule has 0 atom stereocenters. The van der Waals surface area contributed by atoms with E-state index < -0.39 is 9.84 Å². The Morgan fingerprint density at radius 2 is 2.07 bits per heavy atom. The minimum atomic E-state index is -3.36. The van der Waals surface area contributed by atoms with E-state index in [1.165, 1.54) is 17.5 Å². The summed E-state index contributed by atoms with van der Waals surface area (Å²) in [5.41, 5.74) is 1.31. The summed E-state index contributed by atoms with van der Waals surface area (Å²) in [6.07, 6.45) is 0. The molecule has 14 heavy (non-hydrogen) atoms. The number of hydrogen-bond acceptors (Lipinski definition) is 4. The lowest BCUT2D eigenvalue weighted by atomic mass is 10.1. The summed E-state index contributed by atoms with van der Waals surface area (Å²) in [4.78, 5) is 0.168. The first-order valence-electron chi connectivity index (χ1n) is 3.94. The quantitative estimate of drug-likeness (QED) is 0.715. The van der Waals surface area contributed by atoms with Crippen LogP contribution in [0.15, 0.2) is 28.5 Å². The molecule has 0 bridgehead atoms. The highest BCUT2D eigenvalue weighted by Gasteiger charge is 2.26. The Hall–Kier alpha value is -0.940. The van der Waals surface area contributed by atoms with Crippen LogP contribution in [-0.4, -0.2) is 19.3 Å². The van der Waals surface area contributed by atoms with Gasteiger partial charge >= 0.3 is 0 Å². The summed E-state index contributed by atoms with van der Waals surface area (Å²) >= 11 is 4.05. The van der Waals surface area contributed by atoms with E-state index in [0.29, 0.717) is 16.9 Å². The summed E-state index contributed by atoms with van der Waals surface area (Å²) < 4.78 is 23.1. The van der Waals surface area contributed by atoms with Crippen molar-refractivity contribution >= 4 is 28.0 Å². The minimum Gasteiger partial charge on any atom is -0.508 e. The van der Waals surface area contributed by atoms with Crippen LogP contribution in [-0.2, 0) is 9.84 Å². The van der Waals surface area contributed by atoms with E-state index in [4.69, 9.17) is 0 Å². The SMILES string of the molecule is O=S1(=O)C=C(CS)c2ccc(O)cc21. The van der Waals surface area contributed by atoms with Gasteiger partial charge in [-0.2, -0.15) is 12.6 Å². The Morgan fingerprint density at radius 1 is 1.36 bits per heavy atom. The smallest absolute Gasteiger partial charge is 0.200 e. The first-order chi connectivity index (χ1) is 6.54. The van der Waals surface area contributed by atoms with Gasteiger partial charge in [0.25, 0.3) is 0 Å². The molecule has 1 aliphatic heterocycles. The van der Waals surface area contributed by atoms with Gasteiger partial charge in [-0.3, -0.25) is 0 Å². The molecule has 0 amide bonds. The molecule has 1 heterocycles. The van der Waals surface area contributed by atoms with Crippen LogP contribution in [0.4, 0.5) is 0 Å². The van der Waals surface area contributed by atoms with Crippen molar-refractivity contribution < 1.29 is 13.5 Å². The molecule has 0 aliphatic carbocycles. The van der Waals surface area contributed by atoms with Gasteiger partial charge in [-0.15, -0.1) is 0 Å². The van der Waals surface area contributed by atoms with Crippen molar-refractivity contribution in [1.29, 1.82) is 0 Å². The van der Waals surface area contributed by atoms with Crippen molar-refractivity contribution in [2.75, 3.05) is 5.75 Å². The third kappa shape index (κ3) is 1.33. The largest absolute Gasteiger partial charge is 0.508 e. The summed E-state index contributed by atoms with van der Waals surface area (Å²) in [6, 6.07) is 4.33. The molecule has 3 nitrogen and oxygen atoms in total. The van der Waals surface area contributed by atoms with Crippen molar-refractivity contribution in [3.8, 4) is 5.75 Å². The van der Waals surface area contributed by atoms with Crippen molar-refractivity contribution in [2.45, 2.75) is 4.90 Å². The number of aromatic hydroxyl groups is 1. The second-order valence-electron chi connectivity index (χ2n) is 3.03. The number of rotatable bonds is 1. The van der Waals surface area contributed by atoms with Crippen LogP contribution in [0.5, 0.6) is 5.75 Å². The van der Waals surface area contributed by atoms with Gasteiger partial charge in [0.05, 0.1) is 4.90 Å². The molecule has 1 aromatic rings. The number of phenolic OH excluding ortho intramolecular Hbond substituents is 1. The molecule has 5 heteroatoms. The van der Waals surface area contributed by atoms with Gasteiger partial charge in [-0.25, -0.2) is 8.42 Å². The highest BCUT2D eigenvalue weighted by Crippen LogP contribution is 2.35. The molecular formula is C9H8O3S2. The molecular weight excluding hydrogens is 220 g/mol. The van der Waals surface area contributed by atoms with Crippen molar-refractivity contribution in [1.82, 2.24) is 0 Å². The average molecular weight is 228 g/mol. The van der Waals surface area contributed by atoms with Crippen molar-refractivity contribution in [3.05, 3.63) is 29.2 Å². The third-order valence-corrected chi connectivity index (χ3v) is 3.97. The van der Waals surface area contributed by atoms with Crippen LogP contribution in [0.25, 0.3) is 5.57 Å². The zero-order valence-electron chi connectivity index (χ0n) is 7.14. The normalized spacial score (nSPS) is 17.6. The highest BCUT2D eigenvalue weighted by atomic mass is 32.2. The molecule has 1 N–H and O–H groups in total. The molecule has 0 fully saturated rings. The topological polar surface area (TPSA) is 54.4 Å². The van der Waals surface area contributed by atoms with Gasteiger partial charge in [-0.1, -0.05) is 0 Å². The van der Waals surface area contributed by atoms with E-state index >= 15 is 0 Å². The van der Waals surface area contributed by atoms with Gasteiger partial charge in [-0.05, 0) is 29.3 Å². The molecule has 74 valence electrons. The standard InChI is InChI=1S/C9H8O3S2/c10-7-1-2-8-6(4-13)5-14(11,12)9(8)3-7/h1-3,5,10,13H,4H2. The number of benzene rings is 1. The highest BCUT2D eigenvalue weighted by molar-refractivity contribution is 7.95. The first kappa shape index (κ1) is 9.61. The van der Waals surface area contributed by atoms with Crippen LogP contribution in [0.3, 0.4) is 0 Å². The van der Waals surface area contributed by atoms with Crippen molar-refractivity contribution in [3.63, 3.8) is 0 Å². The molecule has 0 saturated carbocycles. The molecule has 1 aromatic carbocycles. The lowest BCUT2D eigenvalue weighted by Crippen LogP contribution is -1.92. The maximum atomic E-state index is 11.6.